The van der Waals surface area contributed by atoms with Gasteiger partial charge in [-0.1, -0.05) is 17.7 Å². The number of ether oxygens (including phenoxy) is 1. The minimum atomic E-state index is -2.48. The van der Waals surface area contributed by atoms with Crippen LogP contribution in [0.1, 0.15) is 43.5 Å². The Morgan fingerprint density at radius 3 is 2.71 bits per heavy atom. The van der Waals surface area contributed by atoms with Crippen LogP contribution in [0.15, 0.2) is 30.3 Å². The number of aryl methyl sites for hydroxylation is 2. The summed E-state index contributed by atoms with van der Waals surface area (Å²) in [5.74, 6) is 1.35. The highest BCUT2D eigenvalue weighted by Crippen LogP contribution is 2.36. The molecule has 0 spiro atoms. The number of fused-ring (bicyclic) bond motifs is 1. The first kappa shape index (κ1) is 21.6. The van der Waals surface area contributed by atoms with Crippen LogP contribution in [0.4, 0.5) is 14.6 Å². The van der Waals surface area contributed by atoms with Crippen molar-refractivity contribution in [3.8, 4) is 5.75 Å². The van der Waals surface area contributed by atoms with Gasteiger partial charge in [0.25, 0.3) is 12.3 Å². The molecule has 0 unspecified atom stereocenters. The van der Waals surface area contributed by atoms with Gasteiger partial charge in [-0.25, -0.2) is 13.5 Å². The minimum Gasteiger partial charge on any atom is -0.481 e. The van der Waals surface area contributed by atoms with Gasteiger partial charge < -0.3 is 15.0 Å². The Kier molecular flexibility index (Phi) is 6.16. The van der Waals surface area contributed by atoms with E-state index in [-0.39, 0.29) is 17.9 Å². The van der Waals surface area contributed by atoms with Crippen LogP contribution in [0.25, 0.3) is 0 Å². The summed E-state index contributed by atoms with van der Waals surface area (Å²) in [6, 6.07) is 8.37. The Morgan fingerprint density at radius 2 is 2.00 bits per heavy atom. The summed E-state index contributed by atoms with van der Waals surface area (Å²) < 4.78 is 34.7. The van der Waals surface area contributed by atoms with Crippen LogP contribution in [0.2, 0.25) is 0 Å². The van der Waals surface area contributed by atoms with E-state index >= 15 is 0 Å². The Hall–Kier alpha value is -2.64. The van der Waals surface area contributed by atoms with Crippen molar-refractivity contribution < 1.29 is 18.3 Å². The van der Waals surface area contributed by atoms with Gasteiger partial charge >= 0.3 is 0 Å². The standard InChI is InChI=1S/C23H30F2N4O2/c1-14-6-8-18(9-7-14)31-16(3)23(30)28-10-4-5-17(13-28)19-12-20(22(24)25)29-21(26-19)11-15(2)27-29/h6-9,11,16-17,19-20,22,26H,4-5,10,12-13H2,1-3H3/t16-,17-,19+,20-/m1/s1. The minimum absolute atomic E-state index is 0.0626. The number of anilines is 1. The number of halogens is 2. The number of benzene rings is 1. The molecule has 6 nitrogen and oxygen atoms in total. The highest BCUT2D eigenvalue weighted by molar-refractivity contribution is 5.81. The molecule has 2 aromatic rings. The molecule has 1 saturated heterocycles. The maximum absolute atomic E-state index is 13.7. The van der Waals surface area contributed by atoms with Gasteiger partial charge in [0.2, 0.25) is 0 Å². The van der Waals surface area contributed by atoms with Crippen LogP contribution in [-0.4, -0.2) is 52.2 Å². The summed E-state index contributed by atoms with van der Waals surface area (Å²) in [5, 5.41) is 7.64. The van der Waals surface area contributed by atoms with Crippen LogP contribution >= 0.6 is 0 Å². The molecule has 1 aromatic heterocycles. The summed E-state index contributed by atoms with van der Waals surface area (Å²) in [6.07, 6.45) is -1.03. The molecule has 1 N–H and O–H groups in total. The Bertz CT molecular complexity index is 915. The molecule has 31 heavy (non-hydrogen) atoms. The molecular formula is C23H30F2N4O2. The fraction of sp³-hybridized carbons (Fsp3) is 0.565. The third-order valence-electron chi connectivity index (χ3n) is 6.31. The predicted octanol–water partition coefficient (Wildman–Crippen LogP) is 4.20. The number of aromatic nitrogens is 2. The van der Waals surface area contributed by atoms with Crippen LogP contribution in [0.5, 0.6) is 5.75 Å². The molecule has 0 radical (unpaired) electrons. The molecule has 0 aliphatic carbocycles. The molecule has 168 valence electrons. The molecule has 2 aliphatic heterocycles. The van der Waals surface area contributed by atoms with E-state index in [2.05, 4.69) is 10.4 Å². The lowest BCUT2D eigenvalue weighted by Crippen LogP contribution is -2.50. The zero-order chi connectivity index (χ0) is 22.1. The first-order chi connectivity index (χ1) is 14.8. The second-order valence-corrected chi connectivity index (χ2v) is 8.76. The third-order valence-corrected chi connectivity index (χ3v) is 6.31. The maximum atomic E-state index is 13.7. The number of hydrogen-bond donors (Lipinski definition) is 1. The summed E-state index contributed by atoms with van der Waals surface area (Å²) in [5.41, 5.74) is 1.85. The fourth-order valence-corrected chi connectivity index (χ4v) is 4.67. The largest absolute Gasteiger partial charge is 0.481 e. The van der Waals surface area contributed by atoms with Crippen molar-refractivity contribution in [3.63, 3.8) is 0 Å². The lowest BCUT2D eigenvalue weighted by Gasteiger charge is -2.41. The molecule has 0 bridgehead atoms. The molecule has 4 rings (SSSR count). The highest BCUT2D eigenvalue weighted by atomic mass is 19.3. The van der Waals surface area contributed by atoms with Crippen molar-refractivity contribution in [2.24, 2.45) is 5.92 Å². The number of alkyl halides is 2. The number of amides is 1. The molecule has 1 aromatic carbocycles. The number of piperidine rings is 1. The number of rotatable bonds is 5. The fourth-order valence-electron chi connectivity index (χ4n) is 4.67. The van der Waals surface area contributed by atoms with Crippen molar-refractivity contribution in [1.29, 1.82) is 0 Å². The van der Waals surface area contributed by atoms with Gasteiger partial charge in [-0.05, 0) is 58.1 Å². The summed E-state index contributed by atoms with van der Waals surface area (Å²) in [4.78, 5) is 14.8. The second-order valence-electron chi connectivity index (χ2n) is 8.76. The molecular weight excluding hydrogens is 402 g/mol. The average molecular weight is 433 g/mol. The Morgan fingerprint density at radius 1 is 1.26 bits per heavy atom. The summed E-state index contributed by atoms with van der Waals surface area (Å²) in [7, 11) is 0. The first-order valence-corrected chi connectivity index (χ1v) is 10.9. The van der Waals surface area contributed by atoms with Gasteiger partial charge in [-0.3, -0.25) is 4.79 Å². The van der Waals surface area contributed by atoms with Crippen molar-refractivity contribution in [1.82, 2.24) is 14.7 Å². The maximum Gasteiger partial charge on any atom is 0.263 e. The van der Waals surface area contributed by atoms with Crippen LogP contribution in [0, 0.1) is 19.8 Å². The van der Waals surface area contributed by atoms with Crippen LogP contribution < -0.4 is 10.1 Å². The molecule has 8 heteroatoms. The van der Waals surface area contributed by atoms with E-state index in [0.717, 1.165) is 24.1 Å². The quantitative estimate of drug-likeness (QED) is 0.770. The topological polar surface area (TPSA) is 59.4 Å². The van der Waals surface area contributed by atoms with E-state index < -0.39 is 18.6 Å². The predicted molar refractivity (Wildman–Crippen MR) is 115 cm³/mol. The van der Waals surface area contributed by atoms with E-state index in [1.54, 1.807) is 13.8 Å². The van der Waals surface area contributed by atoms with Crippen LogP contribution in [-0.2, 0) is 4.79 Å². The molecule has 4 atom stereocenters. The third kappa shape index (κ3) is 4.67. The number of carbonyl (C=O) groups excluding carboxylic acids is 1. The summed E-state index contributed by atoms with van der Waals surface area (Å²) >= 11 is 0. The average Bonchev–Trinajstić information content (AvgIpc) is 3.14. The van der Waals surface area contributed by atoms with E-state index in [9.17, 15) is 13.6 Å². The van der Waals surface area contributed by atoms with E-state index in [0.29, 0.717) is 31.1 Å². The van der Waals surface area contributed by atoms with Crippen molar-refractivity contribution in [3.05, 3.63) is 41.6 Å². The van der Waals surface area contributed by atoms with E-state index in [4.69, 9.17) is 4.74 Å². The first-order valence-electron chi connectivity index (χ1n) is 10.9. The number of nitrogens with one attached hydrogen (secondary N) is 1. The van der Waals surface area contributed by atoms with E-state index in [1.165, 1.54) is 4.68 Å². The highest BCUT2D eigenvalue weighted by Gasteiger charge is 2.39. The zero-order valence-corrected chi connectivity index (χ0v) is 18.2. The number of nitrogens with zero attached hydrogens (tertiary/aromatic N) is 3. The molecule has 2 aliphatic rings. The molecule has 3 heterocycles. The Labute approximate surface area is 181 Å². The molecule has 1 fully saturated rings. The van der Waals surface area contributed by atoms with Crippen molar-refractivity contribution >= 4 is 11.7 Å². The van der Waals surface area contributed by atoms with Gasteiger partial charge in [0, 0.05) is 25.2 Å². The zero-order valence-electron chi connectivity index (χ0n) is 18.2. The smallest absolute Gasteiger partial charge is 0.263 e. The molecule has 0 saturated carbocycles. The van der Waals surface area contributed by atoms with E-state index in [1.807, 2.05) is 42.2 Å². The monoisotopic (exact) mass is 432 g/mol. The number of carbonyl (C=O) groups is 1. The van der Waals surface area contributed by atoms with Gasteiger partial charge in [0.15, 0.2) is 6.10 Å². The molecule has 1 amide bonds. The number of hydrogen-bond acceptors (Lipinski definition) is 4. The van der Waals surface area contributed by atoms with Gasteiger partial charge in [0.05, 0.1) is 5.69 Å². The van der Waals surface area contributed by atoms with Gasteiger partial charge in [-0.15, -0.1) is 0 Å². The lowest BCUT2D eigenvalue weighted by atomic mass is 9.86. The van der Waals surface area contributed by atoms with Crippen LogP contribution in [0.3, 0.4) is 0 Å². The normalized spacial score (nSPS) is 24.5. The number of likely N-dealkylation sites (tertiary alicyclic amines) is 1. The second kappa shape index (κ2) is 8.85. The van der Waals surface area contributed by atoms with Gasteiger partial charge in [0.1, 0.15) is 17.6 Å². The lowest BCUT2D eigenvalue weighted by molar-refractivity contribution is -0.140. The Balaban J connectivity index is 1.42. The van der Waals surface area contributed by atoms with Crippen molar-refractivity contribution in [2.75, 3.05) is 18.4 Å². The van der Waals surface area contributed by atoms with Crippen molar-refractivity contribution in [2.45, 2.75) is 64.6 Å². The SMILES string of the molecule is Cc1ccc(O[C@H](C)C(=O)N2CCC[C@@H]([C@@H]3C[C@H](C(F)F)n4nc(C)cc4N3)C2)cc1. The summed E-state index contributed by atoms with van der Waals surface area (Å²) in [6.45, 7) is 6.78. The van der Waals surface area contributed by atoms with Gasteiger partial charge in [-0.2, -0.15) is 5.10 Å².